The van der Waals surface area contributed by atoms with Gasteiger partial charge in [0.25, 0.3) is 0 Å². The standard InChI is InChI=1S/C7H8ClNS/c1-4-5(8)2-3-6(9)7(4)10/h2-3,10H,9H2,1H3. The summed E-state index contributed by atoms with van der Waals surface area (Å²) in [4.78, 5) is 0.771. The van der Waals surface area contributed by atoms with Gasteiger partial charge in [-0.25, -0.2) is 0 Å². The summed E-state index contributed by atoms with van der Waals surface area (Å²) >= 11 is 9.95. The van der Waals surface area contributed by atoms with Crippen LogP contribution in [0.3, 0.4) is 0 Å². The molecule has 0 aliphatic heterocycles. The van der Waals surface area contributed by atoms with Crippen molar-refractivity contribution in [3.63, 3.8) is 0 Å². The third-order valence-electron chi connectivity index (χ3n) is 1.40. The van der Waals surface area contributed by atoms with Gasteiger partial charge in [-0.15, -0.1) is 12.6 Å². The first kappa shape index (κ1) is 7.76. The van der Waals surface area contributed by atoms with Crippen molar-refractivity contribution < 1.29 is 0 Å². The van der Waals surface area contributed by atoms with Crippen LogP contribution in [0.2, 0.25) is 5.02 Å². The highest BCUT2D eigenvalue weighted by molar-refractivity contribution is 7.80. The molecule has 0 aliphatic carbocycles. The van der Waals surface area contributed by atoms with Crippen molar-refractivity contribution in [1.29, 1.82) is 0 Å². The Morgan fingerprint density at radius 2 is 2.10 bits per heavy atom. The van der Waals surface area contributed by atoms with Gasteiger partial charge in [0.15, 0.2) is 0 Å². The molecule has 0 saturated carbocycles. The van der Waals surface area contributed by atoms with Gasteiger partial charge in [-0.1, -0.05) is 11.6 Å². The van der Waals surface area contributed by atoms with Gasteiger partial charge < -0.3 is 5.73 Å². The van der Waals surface area contributed by atoms with Gasteiger partial charge in [0, 0.05) is 15.6 Å². The Hall–Kier alpha value is -0.340. The van der Waals surface area contributed by atoms with E-state index in [4.69, 9.17) is 17.3 Å². The molecule has 0 heterocycles. The second-order valence-corrected chi connectivity index (χ2v) is 2.96. The fourth-order valence-corrected chi connectivity index (χ4v) is 1.11. The van der Waals surface area contributed by atoms with Crippen LogP contribution in [-0.2, 0) is 0 Å². The number of hydrogen-bond donors (Lipinski definition) is 2. The van der Waals surface area contributed by atoms with E-state index in [0.717, 1.165) is 10.5 Å². The molecule has 0 radical (unpaired) electrons. The van der Waals surface area contributed by atoms with Crippen LogP contribution in [0.4, 0.5) is 5.69 Å². The minimum absolute atomic E-state index is 0.672. The zero-order valence-electron chi connectivity index (χ0n) is 5.56. The summed E-state index contributed by atoms with van der Waals surface area (Å²) in [5, 5.41) is 0.708. The van der Waals surface area contributed by atoms with Crippen LogP contribution in [0.15, 0.2) is 17.0 Å². The Morgan fingerprint density at radius 3 is 2.60 bits per heavy atom. The number of thiol groups is 1. The maximum absolute atomic E-state index is 5.78. The fourth-order valence-electron chi connectivity index (χ4n) is 0.696. The van der Waals surface area contributed by atoms with Crippen LogP contribution in [-0.4, -0.2) is 0 Å². The average Bonchev–Trinajstić information content (AvgIpc) is 1.93. The van der Waals surface area contributed by atoms with E-state index in [2.05, 4.69) is 12.6 Å². The number of nitrogens with two attached hydrogens (primary N) is 1. The summed E-state index contributed by atoms with van der Waals surface area (Å²) in [6.45, 7) is 1.89. The summed E-state index contributed by atoms with van der Waals surface area (Å²) in [6, 6.07) is 3.52. The van der Waals surface area contributed by atoms with Crippen LogP contribution < -0.4 is 5.73 Å². The lowest BCUT2D eigenvalue weighted by atomic mass is 10.2. The molecule has 1 aromatic rings. The molecule has 0 aliphatic rings. The topological polar surface area (TPSA) is 26.0 Å². The van der Waals surface area contributed by atoms with Crippen molar-refractivity contribution in [2.24, 2.45) is 0 Å². The minimum Gasteiger partial charge on any atom is -0.398 e. The summed E-state index contributed by atoms with van der Waals surface area (Å²) < 4.78 is 0. The highest BCUT2D eigenvalue weighted by Crippen LogP contribution is 2.26. The molecule has 0 unspecified atom stereocenters. The second-order valence-electron chi connectivity index (χ2n) is 2.11. The monoisotopic (exact) mass is 173 g/mol. The molecule has 0 amide bonds. The van der Waals surface area contributed by atoms with E-state index in [9.17, 15) is 0 Å². The van der Waals surface area contributed by atoms with Crippen molar-refractivity contribution in [2.45, 2.75) is 11.8 Å². The summed E-state index contributed by atoms with van der Waals surface area (Å²) in [7, 11) is 0. The SMILES string of the molecule is Cc1c(Cl)ccc(N)c1S. The number of rotatable bonds is 0. The molecule has 0 aromatic heterocycles. The van der Waals surface area contributed by atoms with Crippen LogP contribution >= 0.6 is 24.2 Å². The van der Waals surface area contributed by atoms with Gasteiger partial charge in [0.1, 0.15) is 0 Å². The first-order chi connectivity index (χ1) is 4.63. The zero-order valence-corrected chi connectivity index (χ0v) is 7.21. The van der Waals surface area contributed by atoms with E-state index in [0.29, 0.717) is 10.7 Å². The number of hydrogen-bond acceptors (Lipinski definition) is 2. The van der Waals surface area contributed by atoms with Crippen LogP contribution in [0.25, 0.3) is 0 Å². The molecule has 10 heavy (non-hydrogen) atoms. The van der Waals surface area contributed by atoms with Crippen molar-refractivity contribution in [3.05, 3.63) is 22.7 Å². The van der Waals surface area contributed by atoms with E-state index >= 15 is 0 Å². The molecule has 2 N–H and O–H groups in total. The highest BCUT2D eigenvalue weighted by atomic mass is 35.5. The van der Waals surface area contributed by atoms with Gasteiger partial charge in [0.05, 0.1) is 0 Å². The molecule has 0 bridgehead atoms. The molecule has 1 aromatic carbocycles. The van der Waals surface area contributed by atoms with Gasteiger partial charge in [-0.3, -0.25) is 0 Å². The normalized spacial score (nSPS) is 9.90. The molecule has 0 spiro atoms. The average molecular weight is 174 g/mol. The molecule has 3 heteroatoms. The highest BCUT2D eigenvalue weighted by Gasteiger charge is 2.00. The fraction of sp³-hybridized carbons (Fsp3) is 0.143. The van der Waals surface area contributed by atoms with Crippen LogP contribution in [0.1, 0.15) is 5.56 Å². The lowest BCUT2D eigenvalue weighted by Gasteiger charge is -2.03. The molecule has 0 atom stereocenters. The Morgan fingerprint density at radius 1 is 1.50 bits per heavy atom. The van der Waals surface area contributed by atoms with Gasteiger partial charge in [-0.2, -0.15) is 0 Å². The van der Waals surface area contributed by atoms with Crippen molar-refractivity contribution >= 4 is 29.9 Å². The third-order valence-corrected chi connectivity index (χ3v) is 2.40. The summed E-state index contributed by atoms with van der Waals surface area (Å²) in [5.41, 5.74) is 7.16. The number of benzene rings is 1. The first-order valence-electron chi connectivity index (χ1n) is 2.86. The smallest absolute Gasteiger partial charge is 0.0453 e. The molecular weight excluding hydrogens is 166 g/mol. The number of nitrogen functional groups attached to an aromatic ring is 1. The van der Waals surface area contributed by atoms with E-state index in [1.165, 1.54) is 0 Å². The Kier molecular flexibility index (Phi) is 2.11. The first-order valence-corrected chi connectivity index (χ1v) is 3.69. The van der Waals surface area contributed by atoms with Gasteiger partial charge in [0.2, 0.25) is 0 Å². The number of anilines is 1. The van der Waals surface area contributed by atoms with Crippen molar-refractivity contribution in [1.82, 2.24) is 0 Å². The van der Waals surface area contributed by atoms with Crippen LogP contribution in [0.5, 0.6) is 0 Å². The molecule has 1 rings (SSSR count). The van der Waals surface area contributed by atoms with Crippen molar-refractivity contribution in [3.8, 4) is 0 Å². The predicted molar refractivity (Wildman–Crippen MR) is 47.9 cm³/mol. The van der Waals surface area contributed by atoms with Gasteiger partial charge >= 0.3 is 0 Å². The lowest BCUT2D eigenvalue weighted by molar-refractivity contribution is 1.32. The minimum atomic E-state index is 0.672. The maximum Gasteiger partial charge on any atom is 0.0453 e. The maximum atomic E-state index is 5.78. The number of halogens is 1. The molecule has 0 fully saturated rings. The largest absolute Gasteiger partial charge is 0.398 e. The Balaban J connectivity index is 3.34. The van der Waals surface area contributed by atoms with Crippen molar-refractivity contribution in [2.75, 3.05) is 5.73 Å². The van der Waals surface area contributed by atoms with E-state index in [1.807, 2.05) is 6.92 Å². The lowest BCUT2D eigenvalue weighted by Crippen LogP contribution is -1.89. The van der Waals surface area contributed by atoms with Gasteiger partial charge in [-0.05, 0) is 24.6 Å². The summed E-state index contributed by atoms with van der Waals surface area (Å²) in [6.07, 6.45) is 0. The van der Waals surface area contributed by atoms with E-state index in [1.54, 1.807) is 12.1 Å². The second kappa shape index (κ2) is 2.72. The summed E-state index contributed by atoms with van der Waals surface area (Å²) in [5.74, 6) is 0. The molecule has 1 nitrogen and oxygen atoms in total. The van der Waals surface area contributed by atoms with E-state index < -0.39 is 0 Å². The Labute approximate surface area is 70.6 Å². The zero-order chi connectivity index (χ0) is 7.72. The van der Waals surface area contributed by atoms with Crippen LogP contribution in [0, 0.1) is 6.92 Å². The molecular formula is C7H8ClNS. The van der Waals surface area contributed by atoms with E-state index in [-0.39, 0.29) is 0 Å². The third kappa shape index (κ3) is 1.22. The molecule has 54 valence electrons. The quantitative estimate of drug-likeness (QED) is 0.458. The Bertz CT molecular complexity index is 233. The predicted octanol–water partition coefficient (Wildman–Crippen LogP) is 2.52. The molecule has 0 saturated heterocycles.